The third kappa shape index (κ3) is 4.63. The Labute approximate surface area is 141 Å². The highest BCUT2D eigenvalue weighted by Crippen LogP contribution is 2.27. The number of hydrogen-bond acceptors (Lipinski definition) is 7. The first kappa shape index (κ1) is 16.2. The molecule has 3 rings (SSSR count). The number of aromatic nitrogens is 2. The number of rotatable bonds is 5. The van der Waals surface area contributed by atoms with Crippen molar-refractivity contribution in [3.63, 3.8) is 0 Å². The molecule has 1 aromatic heterocycles. The maximum absolute atomic E-state index is 12.9. The maximum Gasteiger partial charge on any atom is 0.233 e. The van der Waals surface area contributed by atoms with Crippen LogP contribution in [0.15, 0.2) is 28.6 Å². The Kier molecular flexibility index (Phi) is 5.42. The number of nitrogens with one attached hydrogen (secondary N) is 1. The van der Waals surface area contributed by atoms with Crippen molar-refractivity contribution in [2.45, 2.75) is 4.34 Å². The Morgan fingerprint density at radius 3 is 2.78 bits per heavy atom. The molecular formula is C14H15FN4O2S2. The monoisotopic (exact) mass is 354 g/mol. The molecule has 0 atom stereocenters. The number of carbonyl (C=O) groups is 1. The standard InChI is InChI=1S/C14H15FN4O2S2/c15-10-1-3-11(4-2-10)16-13-17-18-14(23-13)22-9-12(20)19-5-7-21-8-6-19/h1-4H,5-9H2,(H,16,17). The number of halogens is 1. The normalized spacial score (nSPS) is 14.7. The summed E-state index contributed by atoms with van der Waals surface area (Å²) in [4.78, 5) is 13.9. The van der Waals surface area contributed by atoms with Crippen LogP contribution in [0.3, 0.4) is 0 Å². The second kappa shape index (κ2) is 7.71. The lowest BCUT2D eigenvalue weighted by Gasteiger charge is -2.26. The van der Waals surface area contributed by atoms with E-state index in [0.717, 1.165) is 10.0 Å². The summed E-state index contributed by atoms with van der Waals surface area (Å²) in [6.45, 7) is 2.49. The van der Waals surface area contributed by atoms with E-state index in [4.69, 9.17) is 4.74 Å². The fourth-order valence-electron chi connectivity index (χ4n) is 2.00. The maximum atomic E-state index is 12.9. The molecular weight excluding hydrogens is 339 g/mol. The first-order valence-corrected chi connectivity index (χ1v) is 8.85. The van der Waals surface area contributed by atoms with E-state index in [9.17, 15) is 9.18 Å². The lowest BCUT2D eigenvalue weighted by atomic mass is 10.3. The Morgan fingerprint density at radius 1 is 1.30 bits per heavy atom. The van der Waals surface area contributed by atoms with Gasteiger partial charge in [0, 0.05) is 18.8 Å². The van der Waals surface area contributed by atoms with Gasteiger partial charge in [-0.25, -0.2) is 4.39 Å². The molecule has 1 saturated heterocycles. The summed E-state index contributed by atoms with van der Waals surface area (Å²) in [6.07, 6.45) is 0. The predicted octanol–water partition coefficient (Wildman–Crippen LogP) is 2.37. The second-order valence-electron chi connectivity index (χ2n) is 4.79. The first-order chi connectivity index (χ1) is 11.2. The van der Waals surface area contributed by atoms with Crippen molar-refractivity contribution in [3.05, 3.63) is 30.1 Å². The van der Waals surface area contributed by atoms with Gasteiger partial charge in [0.25, 0.3) is 0 Å². The molecule has 0 saturated carbocycles. The highest BCUT2D eigenvalue weighted by atomic mass is 32.2. The van der Waals surface area contributed by atoms with Gasteiger partial charge in [-0.3, -0.25) is 4.79 Å². The second-order valence-corrected chi connectivity index (χ2v) is 6.99. The van der Waals surface area contributed by atoms with Gasteiger partial charge in [0.1, 0.15) is 5.82 Å². The van der Waals surface area contributed by atoms with Gasteiger partial charge in [0.05, 0.1) is 19.0 Å². The number of ether oxygens (including phenoxy) is 1. The molecule has 1 N–H and O–H groups in total. The van der Waals surface area contributed by atoms with E-state index in [2.05, 4.69) is 15.5 Å². The van der Waals surface area contributed by atoms with Gasteiger partial charge in [-0.15, -0.1) is 10.2 Å². The van der Waals surface area contributed by atoms with E-state index < -0.39 is 0 Å². The first-order valence-electron chi connectivity index (χ1n) is 7.05. The number of benzene rings is 1. The molecule has 1 aromatic carbocycles. The Balaban J connectivity index is 1.50. The van der Waals surface area contributed by atoms with E-state index in [1.54, 1.807) is 17.0 Å². The average molecular weight is 354 g/mol. The number of anilines is 2. The van der Waals surface area contributed by atoms with Crippen molar-refractivity contribution >= 4 is 39.8 Å². The zero-order valence-electron chi connectivity index (χ0n) is 12.2. The fraction of sp³-hybridized carbons (Fsp3) is 0.357. The zero-order chi connectivity index (χ0) is 16.1. The topological polar surface area (TPSA) is 67.4 Å². The van der Waals surface area contributed by atoms with Gasteiger partial charge in [-0.2, -0.15) is 0 Å². The van der Waals surface area contributed by atoms with Crippen LogP contribution in [-0.4, -0.2) is 53.1 Å². The molecule has 1 amide bonds. The molecule has 122 valence electrons. The minimum absolute atomic E-state index is 0.0848. The zero-order valence-corrected chi connectivity index (χ0v) is 13.8. The molecule has 0 aliphatic carbocycles. The summed E-state index contributed by atoms with van der Waals surface area (Å²) in [5.41, 5.74) is 0.739. The molecule has 0 spiro atoms. The molecule has 2 aromatic rings. The number of nitrogens with zero attached hydrogens (tertiary/aromatic N) is 3. The molecule has 1 fully saturated rings. The number of amides is 1. The SMILES string of the molecule is O=C(CSc1nnc(Nc2ccc(F)cc2)s1)N1CCOCC1. The van der Waals surface area contributed by atoms with E-state index in [0.29, 0.717) is 37.2 Å². The summed E-state index contributed by atoms with van der Waals surface area (Å²) in [7, 11) is 0. The summed E-state index contributed by atoms with van der Waals surface area (Å²) in [5.74, 6) is 0.137. The van der Waals surface area contributed by atoms with Gasteiger partial charge >= 0.3 is 0 Å². The highest BCUT2D eigenvalue weighted by Gasteiger charge is 2.17. The Hall–Kier alpha value is -1.71. The fourth-order valence-corrected chi connectivity index (χ4v) is 3.68. The third-order valence-electron chi connectivity index (χ3n) is 3.18. The van der Waals surface area contributed by atoms with Crippen LogP contribution >= 0.6 is 23.1 Å². The summed E-state index contributed by atoms with van der Waals surface area (Å²) >= 11 is 2.73. The van der Waals surface area contributed by atoms with Crippen LogP contribution in [0, 0.1) is 5.82 Å². The van der Waals surface area contributed by atoms with E-state index in [1.807, 2.05) is 0 Å². The molecule has 6 nitrogen and oxygen atoms in total. The largest absolute Gasteiger partial charge is 0.378 e. The van der Waals surface area contributed by atoms with Crippen molar-refractivity contribution in [1.82, 2.24) is 15.1 Å². The molecule has 2 heterocycles. The lowest BCUT2D eigenvalue weighted by molar-refractivity contribution is -0.132. The number of hydrogen-bond donors (Lipinski definition) is 1. The van der Waals surface area contributed by atoms with Crippen LogP contribution in [0.1, 0.15) is 0 Å². The number of carbonyl (C=O) groups excluding carboxylic acids is 1. The van der Waals surface area contributed by atoms with Crippen LogP contribution < -0.4 is 5.32 Å². The molecule has 23 heavy (non-hydrogen) atoms. The summed E-state index contributed by atoms with van der Waals surface area (Å²) in [6, 6.07) is 6.01. The predicted molar refractivity (Wildman–Crippen MR) is 87.7 cm³/mol. The van der Waals surface area contributed by atoms with Crippen molar-refractivity contribution < 1.29 is 13.9 Å². The van der Waals surface area contributed by atoms with E-state index in [1.165, 1.54) is 35.2 Å². The van der Waals surface area contributed by atoms with Crippen LogP contribution in [0.5, 0.6) is 0 Å². The van der Waals surface area contributed by atoms with Crippen LogP contribution in [0.4, 0.5) is 15.2 Å². The summed E-state index contributed by atoms with van der Waals surface area (Å²) in [5, 5.41) is 11.7. The Bertz CT molecular complexity index is 659. The molecule has 1 aliphatic heterocycles. The van der Waals surface area contributed by atoms with Crippen molar-refractivity contribution in [1.29, 1.82) is 0 Å². The summed E-state index contributed by atoms with van der Waals surface area (Å²) < 4.78 is 18.8. The smallest absolute Gasteiger partial charge is 0.233 e. The molecule has 9 heteroatoms. The van der Waals surface area contributed by atoms with Crippen molar-refractivity contribution in [2.24, 2.45) is 0 Å². The van der Waals surface area contributed by atoms with Crippen LogP contribution in [-0.2, 0) is 9.53 Å². The average Bonchev–Trinajstić information content (AvgIpc) is 3.03. The van der Waals surface area contributed by atoms with Gasteiger partial charge in [-0.05, 0) is 24.3 Å². The molecule has 0 unspecified atom stereocenters. The minimum Gasteiger partial charge on any atom is -0.378 e. The molecule has 0 bridgehead atoms. The molecule has 0 radical (unpaired) electrons. The molecule has 1 aliphatic rings. The van der Waals surface area contributed by atoms with Gasteiger partial charge in [0.2, 0.25) is 11.0 Å². The van der Waals surface area contributed by atoms with Crippen molar-refractivity contribution in [3.8, 4) is 0 Å². The lowest BCUT2D eigenvalue weighted by Crippen LogP contribution is -2.41. The van der Waals surface area contributed by atoms with Crippen molar-refractivity contribution in [2.75, 3.05) is 37.4 Å². The quantitative estimate of drug-likeness (QED) is 0.832. The third-order valence-corrected chi connectivity index (χ3v) is 5.14. The van der Waals surface area contributed by atoms with E-state index in [-0.39, 0.29) is 11.7 Å². The Morgan fingerprint density at radius 2 is 2.04 bits per heavy atom. The van der Waals surface area contributed by atoms with Gasteiger partial charge < -0.3 is 15.0 Å². The number of morpholine rings is 1. The van der Waals surface area contributed by atoms with E-state index >= 15 is 0 Å². The minimum atomic E-state index is -0.286. The highest BCUT2D eigenvalue weighted by molar-refractivity contribution is 8.01. The number of thioether (sulfide) groups is 1. The van der Waals surface area contributed by atoms with Gasteiger partial charge in [0.15, 0.2) is 4.34 Å². The van der Waals surface area contributed by atoms with Crippen LogP contribution in [0.2, 0.25) is 0 Å². The van der Waals surface area contributed by atoms with Gasteiger partial charge in [-0.1, -0.05) is 23.1 Å². The van der Waals surface area contributed by atoms with Crippen LogP contribution in [0.25, 0.3) is 0 Å².